The second-order valence-electron chi connectivity index (χ2n) is 4.54. The van der Waals surface area contributed by atoms with Crippen LogP contribution in [0.25, 0.3) is 0 Å². The van der Waals surface area contributed by atoms with Gasteiger partial charge in [0.1, 0.15) is 0 Å². The van der Waals surface area contributed by atoms with Crippen molar-refractivity contribution in [2.45, 2.75) is 11.4 Å². The topological polar surface area (TPSA) is 38.7 Å². The van der Waals surface area contributed by atoms with Gasteiger partial charge >= 0.3 is 137 Å². The summed E-state index contributed by atoms with van der Waals surface area (Å²) in [5.41, 5.74) is 0.956. The molecule has 0 saturated carbocycles. The Morgan fingerprint density at radius 2 is 1.77 bits per heavy atom. The van der Waals surface area contributed by atoms with Crippen molar-refractivity contribution in [3.8, 4) is 22.2 Å². The summed E-state index contributed by atoms with van der Waals surface area (Å²) >= 11 is 0.0688. The predicted molar refractivity (Wildman–Crippen MR) is 88.4 cm³/mol. The van der Waals surface area contributed by atoms with Crippen molar-refractivity contribution < 1.29 is 14.6 Å². The van der Waals surface area contributed by atoms with Crippen LogP contribution in [0.1, 0.15) is 5.56 Å². The summed E-state index contributed by atoms with van der Waals surface area (Å²) in [7, 11) is 1.64. The molecule has 1 atom stereocenters. The summed E-state index contributed by atoms with van der Waals surface area (Å²) in [6.45, 7) is 0.302. The fraction of sp³-hybridized carbons (Fsp3) is 0.222. The maximum atomic E-state index is 9.88. The Morgan fingerprint density at radius 1 is 1.05 bits per heavy atom. The zero-order valence-corrected chi connectivity index (χ0v) is 14.1. The molecule has 2 aromatic rings. The van der Waals surface area contributed by atoms with E-state index in [2.05, 4.69) is 10.7 Å². The van der Waals surface area contributed by atoms with Crippen LogP contribution in [0.4, 0.5) is 0 Å². The van der Waals surface area contributed by atoms with Crippen LogP contribution in [0.3, 0.4) is 0 Å². The first-order valence-corrected chi connectivity index (χ1v) is 8.97. The molecule has 0 aliphatic heterocycles. The second-order valence-corrected chi connectivity index (χ2v) is 6.28. The number of rotatable bonds is 6. The molecule has 0 spiro atoms. The molecule has 0 aromatic heterocycles. The van der Waals surface area contributed by atoms with E-state index in [-0.39, 0.29) is 15.0 Å². The Labute approximate surface area is 137 Å². The first-order valence-electron chi connectivity index (χ1n) is 6.90. The molecule has 4 heteroatoms. The molecule has 0 heterocycles. The molecule has 0 saturated heterocycles. The summed E-state index contributed by atoms with van der Waals surface area (Å²) in [5, 5.41) is 10.5. The van der Waals surface area contributed by atoms with Crippen LogP contribution in [0.2, 0.25) is 5.32 Å². The molecule has 0 aliphatic rings. The van der Waals surface area contributed by atoms with Crippen molar-refractivity contribution in [1.29, 1.82) is 0 Å². The van der Waals surface area contributed by atoms with E-state index >= 15 is 0 Å². The molecular formula is C18H18O3Se. The molecule has 2 rings (SSSR count). The Bertz CT molecular complexity index is 614. The van der Waals surface area contributed by atoms with Gasteiger partial charge < -0.3 is 0 Å². The number of ether oxygens (including phenoxy) is 2. The molecule has 0 aliphatic carbocycles. The van der Waals surface area contributed by atoms with E-state index in [4.69, 9.17) is 9.47 Å². The van der Waals surface area contributed by atoms with Gasteiger partial charge in [-0.2, -0.15) is 0 Å². The number of methoxy groups -OCH3 is 1. The second kappa shape index (κ2) is 9.17. The van der Waals surface area contributed by atoms with Crippen molar-refractivity contribution in [1.82, 2.24) is 0 Å². The van der Waals surface area contributed by atoms with E-state index < -0.39 is 6.10 Å². The van der Waals surface area contributed by atoms with Gasteiger partial charge in [0.05, 0.1) is 0 Å². The maximum absolute atomic E-state index is 9.88. The van der Waals surface area contributed by atoms with E-state index in [0.717, 1.165) is 17.1 Å². The van der Waals surface area contributed by atoms with Gasteiger partial charge in [0, 0.05) is 0 Å². The van der Waals surface area contributed by atoms with Gasteiger partial charge in [-0.3, -0.25) is 0 Å². The van der Waals surface area contributed by atoms with Gasteiger partial charge in [-0.05, 0) is 0 Å². The third-order valence-corrected chi connectivity index (χ3v) is 4.49. The van der Waals surface area contributed by atoms with Gasteiger partial charge in [-0.15, -0.1) is 0 Å². The van der Waals surface area contributed by atoms with E-state index in [1.165, 1.54) is 0 Å². The first kappa shape index (κ1) is 16.4. The molecule has 3 nitrogen and oxygen atoms in total. The fourth-order valence-electron chi connectivity index (χ4n) is 1.66. The summed E-state index contributed by atoms with van der Waals surface area (Å²) in [4.78, 5) is 3.12. The van der Waals surface area contributed by atoms with Gasteiger partial charge in [0.15, 0.2) is 0 Å². The fourth-order valence-corrected chi connectivity index (χ4v) is 2.84. The van der Waals surface area contributed by atoms with Crippen molar-refractivity contribution >= 4 is 15.0 Å². The zero-order chi connectivity index (χ0) is 15.6. The molecule has 22 heavy (non-hydrogen) atoms. The predicted octanol–water partition coefficient (Wildman–Crippen LogP) is 2.57. The summed E-state index contributed by atoms with van der Waals surface area (Å²) in [6, 6.07) is 17.1. The van der Waals surface area contributed by atoms with Crippen molar-refractivity contribution in [2.24, 2.45) is 0 Å². The van der Waals surface area contributed by atoms with Crippen LogP contribution in [0.5, 0.6) is 11.5 Å². The third-order valence-electron chi connectivity index (χ3n) is 2.82. The van der Waals surface area contributed by atoms with Gasteiger partial charge in [-0.25, -0.2) is 0 Å². The average Bonchev–Trinajstić information content (AvgIpc) is 2.58. The Hall–Kier alpha value is -1.92. The summed E-state index contributed by atoms with van der Waals surface area (Å²) < 4.78 is 10.6. The van der Waals surface area contributed by atoms with Crippen LogP contribution in [-0.2, 0) is 0 Å². The molecular weight excluding hydrogens is 343 g/mol. The van der Waals surface area contributed by atoms with Crippen LogP contribution >= 0.6 is 0 Å². The van der Waals surface area contributed by atoms with Gasteiger partial charge in [-0.1, -0.05) is 0 Å². The van der Waals surface area contributed by atoms with Crippen LogP contribution < -0.4 is 9.47 Å². The standard InChI is InChI=1S/C18H18O3Se/c1-20-17-9-7-15(8-10-17)11-12-22-14-16(19)13-21-18-5-3-2-4-6-18/h2-10,16,19H,13-14H2,1H3. The van der Waals surface area contributed by atoms with E-state index in [9.17, 15) is 5.11 Å². The third kappa shape index (κ3) is 5.83. The minimum absolute atomic E-state index is 0.0688. The molecule has 2 aromatic carbocycles. The molecule has 0 fully saturated rings. The Kier molecular flexibility index (Phi) is 6.86. The zero-order valence-electron chi connectivity index (χ0n) is 12.4. The number of hydrogen-bond donors (Lipinski definition) is 1. The average molecular weight is 361 g/mol. The van der Waals surface area contributed by atoms with Gasteiger partial charge in [0.2, 0.25) is 0 Å². The number of hydrogen-bond acceptors (Lipinski definition) is 3. The van der Waals surface area contributed by atoms with E-state index in [1.54, 1.807) is 7.11 Å². The molecule has 1 N–H and O–H groups in total. The monoisotopic (exact) mass is 362 g/mol. The number of aliphatic hydroxyl groups is 1. The molecule has 114 valence electrons. The van der Waals surface area contributed by atoms with E-state index in [0.29, 0.717) is 11.9 Å². The summed E-state index contributed by atoms with van der Waals surface area (Å²) in [6.07, 6.45) is -0.481. The SMILES string of the molecule is COc1ccc(C#C[Se]CC(O)COc2ccccc2)cc1. The van der Waals surface area contributed by atoms with Crippen LogP contribution in [0, 0.1) is 10.7 Å². The van der Waals surface area contributed by atoms with Crippen LogP contribution in [0.15, 0.2) is 54.6 Å². The normalized spacial score (nSPS) is 11.2. The Balaban J connectivity index is 1.70. The van der Waals surface area contributed by atoms with Gasteiger partial charge in [0.25, 0.3) is 0 Å². The number of benzene rings is 2. The first-order chi connectivity index (χ1) is 10.8. The van der Waals surface area contributed by atoms with Crippen LogP contribution in [-0.4, -0.2) is 39.9 Å². The van der Waals surface area contributed by atoms with Crippen molar-refractivity contribution in [3.05, 3.63) is 60.2 Å². The minimum atomic E-state index is -0.481. The Morgan fingerprint density at radius 3 is 2.45 bits per heavy atom. The van der Waals surface area contributed by atoms with Crippen molar-refractivity contribution in [2.75, 3.05) is 13.7 Å². The molecule has 1 unspecified atom stereocenters. The summed E-state index contributed by atoms with van der Waals surface area (Å²) in [5.74, 6) is 4.70. The molecule has 0 amide bonds. The van der Waals surface area contributed by atoms with E-state index in [1.807, 2.05) is 54.6 Å². The van der Waals surface area contributed by atoms with Crippen molar-refractivity contribution in [3.63, 3.8) is 0 Å². The number of para-hydroxylation sites is 1. The molecule has 0 radical (unpaired) electrons. The molecule has 0 bridgehead atoms. The quantitative estimate of drug-likeness (QED) is 0.635. The number of aliphatic hydroxyl groups excluding tert-OH is 1.